The van der Waals surface area contributed by atoms with E-state index in [1.807, 2.05) is 26.0 Å². The third kappa shape index (κ3) is 1.36. The van der Waals surface area contributed by atoms with Crippen LogP contribution in [-0.2, 0) is 11.3 Å². The van der Waals surface area contributed by atoms with E-state index in [0.29, 0.717) is 6.61 Å². The largest absolute Gasteiger partial charge is 0.369 e. The van der Waals surface area contributed by atoms with Gasteiger partial charge in [0.05, 0.1) is 18.2 Å². The third-order valence-corrected chi connectivity index (χ3v) is 2.74. The van der Waals surface area contributed by atoms with Gasteiger partial charge in [-0.2, -0.15) is 0 Å². The van der Waals surface area contributed by atoms with Gasteiger partial charge in [0, 0.05) is 0 Å². The molecule has 1 heterocycles. The minimum Gasteiger partial charge on any atom is -0.369 e. The molecular weight excluding hydrogens is 162 g/mol. The molecule has 0 bridgehead atoms. The highest BCUT2D eigenvalue weighted by molar-refractivity contribution is 5.32. The predicted octanol–water partition coefficient (Wildman–Crippen LogP) is 2.00. The molecule has 1 aromatic carbocycles. The van der Waals surface area contributed by atoms with E-state index in [9.17, 15) is 0 Å². The Balaban J connectivity index is 2.45. The normalized spacial score (nSPS) is 25.3. The van der Waals surface area contributed by atoms with Gasteiger partial charge in [-0.1, -0.05) is 24.3 Å². The van der Waals surface area contributed by atoms with Gasteiger partial charge in [0.25, 0.3) is 0 Å². The van der Waals surface area contributed by atoms with E-state index >= 15 is 0 Å². The molecule has 1 aromatic rings. The summed E-state index contributed by atoms with van der Waals surface area (Å²) in [4.78, 5) is 0. The Labute approximate surface area is 78.7 Å². The number of fused-ring (bicyclic) bond motifs is 1. The standard InChI is InChI=1S/C11H15NO/c1-11(2)10(12)9-6-4-3-5-8(9)7-13-11/h3-6,10H,7,12H2,1-2H3. The zero-order valence-electron chi connectivity index (χ0n) is 8.08. The van der Waals surface area contributed by atoms with Crippen molar-refractivity contribution < 1.29 is 4.74 Å². The van der Waals surface area contributed by atoms with Gasteiger partial charge in [-0.15, -0.1) is 0 Å². The van der Waals surface area contributed by atoms with Crippen LogP contribution >= 0.6 is 0 Å². The van der Waals surface area contributed by atoms with Crippen molar-refractivity contribution in [2.75, 3.05) is 0 Å². The lowest BCUT2D eigenvalue weighted by molar-refractivity contribution is -0.0604. The number of hydrogen-bond acceptors (Lipinski definition) is 2. The van der Waals surface area contributed by atoms with Crippen LogP contribution in [0.25, 0.3) is 0 Å². The smallest absolute Gasteiger partial charge is 0.0822 e. The highest BCUT2D eigenvalue weighted by Crippen LogP contribution is 2.34. The van der Waals surface area contributed by atoms with Crippen molar-refractivity contribution in [3.05, 3.63) is 35.4 Å². The van der Waals surface area contributed by atoms with E-state index < -0.39 is 0 Å². The van der Waals surface area contributed by atoms with Crippen LogP contribution in [0.3, 0.4) is 0 Å². The molecule has 0 aromatic heterocycles. The lowest BCUT2D eigenvalue weighted by Gasteiger charge is -2.37. The summed E-state index contributed by atoms with van der Waals surface area (Å²) in [5, 5.41) is 0. The molecule has 0 radical (unpaired) electrons. The molecule has 13 heavy (non-hydrogen) atoms. The molecule has 70 valence electrons. The first-order valence-electron chi connectivity index (χ1n) is 4.58. The van der Waals surface area contributed by atoms with Crippen LogP contribution in [-0.4, -0.2) is 5.60 Å². The lowest BCUT2D eigenvalue weighted by Crippen LogP contribution is -2.41. The molecule has 0 saturated heterocycles. The summed E-state index contributed by atoms with van der Waals surface area (Å²) in [5.41, 5.74) is 8.30. The van der Waals surface area contributed by atoms with E-state index in [1.54, 1.807) is 0 Å². The Morgan fingerprint density at radius 2 is 2.08 bits per heavy atom. The fourth-order valence-electron chi connectivity index (χ4n) is 1.70. The molecule has 1 unspecified atom stereocenters. The summed E-state index contributed by atoms with van der Waals surface area (Å²) in [6.45, 7) is 4.75. The average Bonchev–Trinajstić information content (AvgIpc) is 2.13. The summed E-state index contributed by atoms with van der Waals surface area (Å²) < 4.78 is 5.68. The minimum atomic E-state index is -0.242. The van der Waals surface area contributed by atoms with Gasteiger partial charge in [-0.25, -0.2) is 0 Å². The van der Waals surface area contributed by atoms with E-state index in [1.165, 1.54) is 11.1 Å². The first-order valence-corrected chi connectivity index (χ1v) is 4.58. The first-order chi connectivity index (χ1) is 6.11. The van der Waals surface area contributed by atoms with Gasteiger partial charge in [0.1, 0.15) is 0 Å². The molecule has 1 atom stereocenters. The van der Waals surface area contributed by atoms with E-state index in [4.69, 9.17) is 10.5 Å². The number of nitrogens with two attached hydrogens (primary N) is 1. The topological polar surface area (TPSA) is 35.2 Å². The molecule has 0 fully saturated rings. The molecule has 2 nitrogen and oxygen atoms in total. The maximum Gasteiger partial charge on any atom is 0.0822 e. The SMILES string of the molecule is CC1(C)OCc2ccccc2C1N. The van der Waals surface area contributed by atoms with Crippen LogP contribution < -0.4 is 5.73 Å². The Morgan fingerprint density at radius 1 is 1.38 bits per heavy atom. The first kappa shape index (κ1) is 8.73. The summed E-state index contributed by atoms with van der Waals surface area (Å²) in [5.74, 6) is 0. The third-order valence-electron chi connectivity index (χ3n) is 2.74. The number of rotatable bonds is 0. The molecule has 2 heteroatoms. The van der Waals surface area contributed by atoms with Crippen molar-refractivity contribution in [2.45, 2.75) is 32.1 Å². The second-order valence-corrected chi connectivity index (χ2v) is 4.07. The Kier molecular flexibility index (Phi) is 1.90. The maximum absolute atomic E-state index is 6.10. The maximum atomic E-state index is 6.10. The van der Waals surface area contributed by atoms with Gasteiger partial charge < -0.3 is 10.5 Å². The molecule has 1 aliphatic heterocycles. The Hall–Kier alpha value is -0.860. The summed E-state index contributed by atoms with van der Waals surface area (Å²) in [7, 11) is 0. The number of ether oxygens (including phenoxy) is 1. The zero-order valence-corrected chi connectivity index (χ0v) is 8.08. The van der Waals surface area contributed by atoms with Gasteiger partial charge in [-0.3, -0.25) is 0 Å². The van der Waals surface area contributed by atoms with Crippen LogP contribution in [0, 0.1) is 0 Å². The molecule has 1 aliphatic rings. The number of benzene rings is 1. The van der Waals surface area contributed by atoms with Crippen molar-refractivity contribution in [2.24, 2.45) is 5.73 Å². The van der Waals surface area contributed by atoms with Crippen LogP contribution in [0.15, 0.2) is 24.3 Å². The zero-order chi connectivity index (χ0) is 9.47. The van der Waals surface area contributed by atoms with Crippen LogP contribution in [0.5, 0.6) is 0 Å². The van der Waals surface area contributed by atoms with Gasteiger partial charge in [-0.05, 0) is 25.0 Å². The second-order valence-electron chi connectivity index (χ2n) is 4.07. The van der Waals surface area contributed by atoms with Crippen molar-refractivity contribution in [1.82, 2.24) is 0 Å². The molecular formula is C11H15NO. The predicted molar refractivity (Wildman–Crippen MR) is 52.2 cm³/mol. The fraction of sp³-hybridized carbons (Fsp3) is 0.455. The highest BCUT2D eigenvalue weighted by atomic mass is 16.5. The molecule has 0 amide bonds. The van der Waals surface area contributed by atoms with Gasteiger partial charge >= 0.3 is 0 Å². The number of hydrogen-bond donors (Lipinski definition) is 1. The monoisotopic (exact) mass is 177 g/mol. The van der Waals surface area contributed by atoms with Crippen molar-refractivity contribution in [1.29, 1.82) is 0 Å². The van der Waals surface area contributed by atoms with Crippen LogP contribution in [0.1, 0.15) is 31.0 Å². The fourth-order valence-corrected chi connectivity index (χ4v) is 1.70. The molecule has 2 N–H and O–H groups in total. The van der Waals surface area contributed by atoms with E-state index in [-0.39, 0.29) is 11.6 Å². The van der Waals surface area contributed by atoms with Crippen molar-refractivity contribution >= 4 is 0 Å². The Bertz CT molecular complexity index is 320. The highest BCUT2D eigenvalue weighted by Gasteiger charge is 2.33. The second kappa shape index (κ2) is 2.82. The molecule has 0 aliphatic carbocycles. The van der Waals surface area contributed by atoms with E-state index in [0.717, 1.165) is 0 Å². The van der Waals surface area contributed by atoms with Gasteiger partial charge in [0.15, 0.2) is 0 Å². The summed E-state index contributed by atoms with van der Waals surface area (Å²) in [6, 6.07) is 8.19. The van der Waals surface area contributed by atoms with E-state index in [2.05, 4.69) is 12.1 Å². The summed E-state index contributed by atoms with van der Waals surface area (Å²) in [6.07, 6.45) is 0. The van der Waals surface area contributed by atoms with Gasteiger partial charge in [0.2, 0.25) is 0 Å². The lowest BCUT2D eigenvalue weighted by atomic mass is 9.87. The Morgan fingerprint density at radius 3 is 2.85 bits per heavy atom. The van der Waals surface area contributed by atoms with Crippen molar-refractivity contribution in [3.63, 3.8) is 0 Å². The molecule has 2 rings (SSSR count). The quantitative estimate of drug-likeness (QED) is 0.657. The van der Waals surface area contributed by atoms with Crippen molar-refractivity contribution in [3.8, 4) is 0 Å². The minimum absolute atomic E-state index is 0.0163. The molecule has 0 saturated carbocycles. The molecule has 0 spiro atoms. The summed E-state index contributed by atoms with van der Waals surface area (Å²) >= 11 is 0. The van der Waals surface area contributed by atoms with Crippen LogP contribution in [0.4, 0.5) is 0 Å². The average molecular weight is 177 g/mol. The van der Waals surface area contributed by atoms with Crippen LogP contribution in [0.2, 0.25) is 0 Å².